The van der Waals surface area contributed by atoms with E-state index < -0.39 is 0 Å². The average molecular weight is 275 g/mol. The maximum atomic E-state index is 9.10. The predicted molar refractivity (Wildman–Crippen MR) is 83.7 cm³/mol. The van der Waals surface area contributed by atoms with Crippen LogP contribution in [0, 0.1) is 5.92 Å². The minimum Gasteiger partial charge on any atom is -0.399 e. The van der Waals surface area contributed by atoms with Crippen LogP contribution in [0.25, 0.3) is 11.0 Å². The van der Waals surface area contributed by atoms with Gasteiger partial charge in [-0.25, -0.2) is 4.98 Å². The summed E-state index contributed by atoms with van der Waals surface area (Å²) in [4.78, 5) is 4.78. The summed E-state index contributed by atoms with van der Waals surface area (Å²) in [5.74, 6) is 1.49. The van der Waals surface area contributed by atoms with Crippen LogP contribution in [0.4, 0.5) is 5.69 Å². The fourth-order valence-electron chi connectivity index (χ4n) is 2.53. The topological polar surface area (TPSA) is 64.1 Å². The summed E-state index contributed by atoms with van der Waals surface area (Å²) < 4.78 is 2.27. The van der Waals surface area contributed by atoms with Gasteiger partial charge in [-0.3, -0.25) is 0 Å². The number of aromatic nitrogens is 2. The van der Waals surface area contributed by atoms with Crippen LogP contribution in [0.1, 0.15) is 39.9 Å². The molecule has 0 saturated carbocycles. The van der Waals surface area contributed by atoms with Gasteiger partial charge in [-0.15, -0.1) is 0 Å². The van der Waals surface area contributed by atoms with Crippen molar-refractivity contribution in [2.45, 2.75) is 46.1 Å². The highest BCUT2D eigenvalue weighted by molar-refractivity contribution is 5.79. The molecule has 2 rings (SSSR count). The Bertz CT molecular complexity index is 596. The molecule has 1 heterocycles. The molecule has 1 aromatic carbocycles. The Morgan fingerprint density at radius 3 is 2.65 bits per heavy atom. The second-order valence-corrected chi connectivity index (χ2v) is 6.66. The Morgan fingerprint density at radius 1 is 1.35 bits per heavy atom. The monoisotopic (exact) mass is 275 g/mol. The van der Waals surface area contributed by atoms with E-state index in [4.69, 9.17) is 15.8 Å². The summed E-state index contributed by atoms with van der Waals surface area (Å²) in [5, 5.41) is 9.10. The molecular formula is C16H25N3O. The number of aliphatic hydroxyl groups is 1. The van der Waals surface area contributed by atoms with Crippen LogP contribution in [-0.4, -0.2) is 21.3 Å². The molecular weight excluding hydrogens is 250 g/mol. The normalized spacial score (nSPS) is 13.8. The Morgan fingerprint density at radius 2 is 2.05 bits per heavy atom. The highest BCUT2D eigenvalue weighted by Gasteiger charge is 2.23. The average Bonchev–Trinajstić information content (AvgIpc) is 2.67. The van der Waals surface area contributed by atoms with Crippen LogP contribution in [0.5, 0.6) is 0 Å². The van der Waals surface area contributed by atoms with Crippen LogP contribution >= 0.6 is 0 Å². The van der Waals surface area contributed by atoms with Gasteiger partial charge in [0, 0.05) is 24.3 Å². The number of nitrogens with zero attached hydrogens (tertiary/aromatic N) is 2. The zero-order valence-corrected chi connectivity index (χ0v) is 12.8. The summed E-state index contributed by atoms with van der Waals surface area (Å²) in [6.45, 7) is 9.77. The first-order chi connectivity index (χ1) is 9.32. The van der Waals surface area contributed by atoms with E-state index in [0.29, 0.717) is 5.92 Å². The third kappa shape index (κ3) is 2.96. The van der Waals surface area contributed by atoms with E-state index in [2.05, 4.69) is 32.3 Å². The quantitative estimate of drug-likeness (QED) is 0.843. The molecule has 1 atom stereocenters. The Balaban J connectivity index is 2.53. The number of hydrogen-bond acceptors (Lipinski definition) is 3. The molecule has 0 amide bonds. The first-order valence-corrected chi connectivity index (χ1v) is 7.20. The zero-order chi connectivity index (χ0) is 14.9. The molecule has 20 heavy (non-hydrogen) atoms. The van der Waals surface area contributed by atoms with Gasteiger partial charge in [0.1, 0.15) is 5.82 Å². The van der Waals surface area contributed by atoms with Crippen molar-refractivity contribution in [1.82, 2.24) is 9.55 Å². The van der Waals surface area contributed by atoms with E-state index in [9.17, 15) is 0 Å². The van der Waals surface area contributed by atoms with Crippen LogP contribution in [0.3, 0.4) is 0 Å². The molecule has 0 aliphatic carbocycles. The lowest BCUT2D eigenvalue weighted by Crippen LogP contribution is -2.21. The van der Waals surface area contributed by atoms with Crippen molar-refractivity contribution in [2.24, 2.45) is 5.92 Å². The van der Waals surface area contributed by atoms with E-state index in [1.54, 1.807) is 0 Å². The van der Waals surface area contributed by atoms with Gasteiger partial charge in [-0.05, 0) is 30.5 Å². The molecule has 4 heteroatoms. The molecule has 0 bridgehead atoms. The molecule has 0 aliphatic heterocycles. The number of anilines is 1. The molecule has 1 unspecified atom stereocenters. The number of fused-ring (bicyclic) bond motifs is 1. The predicted octanol–water partition coefficient (Wildman–Crippen LogP) is 2.93. The Hall–Kier alpha value is -1.55. The highest BCUT2D eigenvalue weighted by atomic mass is 16.3. The Kier molecular flexibility index (Phi) is 4.04. The van der Waals surface area contributed by atoms with Gasteiger partial charge < -0.3 is 15.4 Å². The van der Waals surface area contributed by atoms with Crippen LogP contribution in [0.15, 0.2) is 18.2 Å². The Labute approximate surface area is 120 Å². The first-order valence-electron chi connectivity index (χ1n) is 7.20. The summed E-state index contributed by atoms with van der Waals surface area (Å²) in [6.07, 6.45) is 0.804. The van der Waals surface area contributed by atoms with Crippen molar-refractivity contribution in [3.63, 3.8) is 0 Å². The summed E-state index contributed by atoms with van der Waals surface area (Å²) in [7, 11) is 0. The fraction of sp³-hybridized carbons (Fsp3) is 0.562. The SMILES string of the molecule is CC(CCO)Cn1c(C(C)(C)C)nc2cc(N)ccc21. The minimum absolute atomic E-state index is 0.0211. The van der Waals surface area contributed by atoms with Gasteiger partial charge in [0.05, 0.1) is 11.0 Å². The largest absolute Gasteiger partial charge is 0.399 e. The van der Waals surface area contributed by atoms with E-state index in [1.807, 2.05) is 18.2 Å². The van der Waals surface area contributed by atoms with Crippen molar-refractivity contribution in [1.29, 1.82) is 0 Å². The van der Waals surface area contributed by atoms with Crippen molar-refractivity contribution in [2.75, 3.05) is 12.3 Å². The maximum Gasteiger partial charge on any atom is 0.115 e. The van der Waals surface area contributed by atoms with E-state index >= 15 is 0 Å². The molecule has 110 valence electrons. The number of rotatable bonds is 4. The van der Waals surface area contributed by atoms with Crippen LogP contribution < -0.4 is 5.73 Å². The van der Waals surface area contributed by atoms with E-state index in [-0.39, 0.29) is 12.0 Å². The zero-order valence-electron chi connectivity index (χ0n) is 12.8. The first kappa shape index (κ1) is 14.9. The second-order valence-electron chi connectivity index (χ2n) is 6.66. The van der Waals surface area contributed by atoms with E-state index in [0.717, 1.165) is 35.5 Å². The molecule has 0 spiro atoms. The lowest BCUT2D eigenvalue weighted by atomic mass is 9.95. The van der Waals surface area contributed by atoms with Gasteiger partial charge in [0.15, 0.2) is 0 Å². The standard InChI is InChI=1S/C16H25N3O/c1-11(7-8-20)10-19-14-6-5-12(17)9-13(14)18-15(19)16(2,3)4/h5-6,9,11,20H,7-8,10,17H2,1-4H3. The summed E-state index contributed by atoms with van der Waals surface area (Å²) >= 11 is 0. The van der Waals surface area contributed by atoms with E-state index in [1.165, 1.54) is 0 Å². The lowest BCUT2D eigenvalue weighted by Gasteiger charge is -2.22. The number of imidazole rings is 1. The molecule has 4 nitrogen and oxygen atoms in total. The van der Waals surface area contributed by atoms with Gasteiger partial charge in [-0.2, -0.15) is 0 Å². The fourth-order valence-corrected chi connectivity index (χ4v) is 2.53. The van der Waals surface area contributed by atoms with Gasteiger partial charge in [0.2, 0.25) is 0 Å². The number of nitrogen functional groups attached to an aromatic ring is 1. The van der Waals surface area contributed by atoms with Gasteiger partial charge in [-0.1, -0.05) is 27.7 Å². The van der Waals surface area contributed by atoms with Crippen LogP contribution in [-0.2, 0) is 12.0 Å². The van der Waals surface area contributed by atoms with Gasteiger partial charge in [0.25, 0.3) is 0 Å². The molecule has 0 fully saturated rings. The van der Waals surface area contributed by atoms with Crippen LogP contribution in [0.2, 0.25) is 0 Å². The third-order valence-electron chi connectivity index (χ3n) is 3.56. The lowest BCUT2D eigenvalue weighted by molar-refractivity contribution is 0.253. The number of aliphatic hydroxyl groups excluding tert-OH is 1. The van der Waals surface area contributed by atoms with Crippen molar-refractivity contribution in [3.05, 3.63) is 24.0 Å². The van der Waals surface area contributed by atoms with Crippen molar-refractivity contribution >= 4 is 16.7 Å². The van der Waals surface area contributed by atoms with Crippen molar-refractivity contribution in [3.8, 4) is 0 Å². The smallest absolute Gasteiger partial charge is 0.115 e. The van der Waals surface area contributed by atoms with Gasteiger partial charge >= 0.3 is 0 Å². The molecule has 3 N–H and O–H groups in total. The number of benzene rings is 1. The minimum atomic E-state index is -0.0211. The summed E-state index contributed by atoms with van der Waals surface area (Å²) in [5.41, 5.74) is 8.65. The number of hydrogen-bond donors (Lipinski definition) is 2. The number of nitrogens with two attached hydrogens (primary N) is 1. The third-order valence-corrected chi connectivity index (χ3v) is 3.56. The molecule has 2 aromatic rings. The molecule has 0 aliphatic rings. The van der Waals surface area contributed by atoms with Crippen molar-refractivity contribution < 1.29 is 5.11 Å². The maximum absolute atomic E-state index is 9.10. The second kappa shape index (κ2) is 5.44. The molecule has 0 radical (unpaired) electrons. The summed E-state index contributed by atoms with van der Waals surface area (Å²) in [6, 6.07) is 5.89. The molecule has 1 aromatic heterocycles. The highest BCUT2D eigenvalue weighted by Crippen LogP contribution is 2.28. The molecule has 0 saturated heterocycles.